The molecule has 4 nitrogen and oxygen atoms in total. The lowest BCUT2D eigenvalue weighted by Crippen LogP contribution is -2.38. The maximum absolute atomic E-state index is 10.9. The number of nitrogens with one attached hydrogen (secondary N) is 1. The molecule has 5 heteroatoms. The third-order valence-corrected chi connectivity index (χ3v) is 1.89. The van der Waals surface area contributed by atoms with Crippen LogP contribution >= 0.6 is 11.8 Å². The lowest BCUT2D eigenvalue weighted by Gasteiger charge is -2.07. The number of rotatable bonds is 5. The van der Waals surface area contributed by atoms with E-state index >= 15 is 0 Å². The van der Waals surface area contributed by atoms with Gasteiger partial charge in [-0.1, -0.05) is 0 Å². The standard InChI is InChI=1S/C7H13NO3S/c1-5(7(10)11)8-6(9)3-4-12-2/h5H,3-4H2,1-2H3,(H,8,9)(H,10,11)/t5-/m1/s1. The fourth-order valence-corrected chi connectivity index (χ4v) is 0.960. The summed E-state index contributed by atoms with van der Waals surface area (Å²) in [6.07, 6.45) is 2.27. The average molecular weight is 191 g/mol. The molecular weight excluding hydrogens is 178 g/mol. The van der Waals surface area contributed by atoms with Crippen molar-refractivity contribution >= 4 is 23.6 Å². The van der Waals surface area contributed by atoms with Crippen LogP contribution in [-0.4, -0.2) is 35.0 Å². The maximum Gasteiger partial charge on any atom is 0.325 e. The molecule has 0 aliphatic heterocycles. The van der Waals surface area contributed by atoms with Gasteiger partial charge in [0.15, 0.2) is 0 Å². The summed E-state index contributed by atoms with van der Waals surface area (Å²) >= 11 is 1.56. The zero-order valence-electron chi connectivity index (χ0n) is 7.16. The van der Waals surface area contributed by atoms with E-state index in [1.165, 1.54) is 6.92 Å². The summed E-state index contributed by atoms with van der Waals surface area (Å²) in [4.78, 5) is 21.2. The normalized spacial score (nSPS) is 12.2. The number of carbonyl (C=O) groups is 2. The summed E-state index contributed by atoms with van der Waals surface area (Å²) < 4.78 is 0. The zero-order valence-corrected chi connectivity index (χ0v) is 7.98. The molecule has 0 aromatic rings. The Morgan fingerprint density at radius 3 is 2.58 bits per heavy atom. The Balaban J connectivity index is 3.61. The van der Waals surface area contributed by atoms with Gasteiger partial charge in [-0.2, -0.15) is 11.8 Å². The van der Waals surface area contributed by atoms with Gasteiger partial charge in [0, 0.05) is 12.2 Å². The van der Waals surface area contributed by atoms with E-state index in [4.69, 9.17) is 5.11 Å². The molecule has 0 radical (unpaired) electrons. The van der Waals surface area contributed by atoms with Gasteiger partial charge in [-0.05, 0) is 13.2 Å². The summed E-state index contributed by atoms with van der Waals surface area (Å²) in [5.41, 5.74) is 0. The Labute approximate surface area is 75.7 Å². The largest absolute Gasteiger partial charge is 0.480 e. The van der Waals surface area contributed by atoms with Crippen molar-refractivity contribution in [2.75, 3.05) is 12.0 Å². The number of carboxylic acids is 1. The SMILES string of the molecule is CSCCC(=O)N[C@H](C)C(=O)O. The zero-order chi connectivity index (χ0) is 9.56. The molecule has 0 unspecified atom stereocenters. The molecule has 0 aliphatic carbocycles. The van der Waals surface area contributed by atoms with E-state index in [1.807, 2.05) is 6.26 Å². The van der Waals surface area contributed by atoms with Crippen LogP contribution < -0.4 is 5.32 Å². The fraction of sp³-hybridized carbons (Fsp3) is 0.714. The van der Waals surface area contributed by atoms with E-state index in [1.54, 1.807) is 11.8 Å². The molecule has 2 N–H and O–H groups in total. The molecule has 0 aliphatic rings. The van der Waals surface area contributed by atoms with Crippen molar-refractivity contribution in [1.29, 1.82) is 0 Å². The fourth-order valence-electron chi connectivity index (χ4n) is 0.570. The van der Waals surface area contributed by atoms with Crippen LogP contribution in [0, 0.1) is 0 Å². The minimum atomic E-state index is -1.01. The van der Waals surface area contributed by atoms with E-state index < -0.39 is 12.0 Å². The first-order valence-electron chi connectivity index (χ1n) is 3.59. The Hall–Kier alpha value is -0.710. The minimum absolute atomic E-state index is 0.209. The molecule has 0 saturated carbocycles. The van der Waals surface area contributed by atoms with E-state index in [0.29, 0.717) is 6.42 Å². The Morgan fingerprint density at radius 2 is 2.17 bits per heavy atom. The summed E-state index contributed by atoms with van der Waals surface area (Å²) in [5, 5.41) is 10.8. The molecule has 1 amide bonds. The molecule has 0 saturated heterocycles. The molecule has 0 fully saturated rings. The summed E-state index contributed by atoms with van der Waals surface area (Å²) in [5.74, 6) is -0.496. The number of hydrogen-bond donors (Lipinski definition) is 2. The third kappa shape index (κ3) is 5.01. The molecular formula is C7H13NO3S. The van der Waals surface area contributed by atoms with Crippen molar-refractivity contribution in [3.8, 4) is 0 Å². The highest BCUT2D eigenvalue weighted by Gasteiger charge is 2.12. The van der Waals surface area contributed by atoms with Gasteiger partial charge in [0.2, 0.25) is 5.91 Å². The van der Waals surface area contributed by atoms with E-state index in [2.05, 4.69) is 5.32 Å². The van der Waals surface area contributed by atoms with Gasteiger partial charge in [0.05, 0.1) is 0 Å². The maximum atomic E-state index is 10.9. The van der Waals surface area contributed by atoms with Crippen LogP contribution in [-0.2, 0) is 9.59 Å². The minimum Gasteiger partial charge on any atom is -0.480 e. The molecule has 0 spiro atoms. The van der Waals surface area contributed by atoms with Gasteiger partial charge >= 0.3 is 5.97 Å². The number of carbonyl (C=O) groups excluding carboxylic acids is 1. The number of thioether (sulfide) groups is 1. The van der Waals surface area contributed by atoms with Crippen LogP contribution in [0.15, 0.2) is 0 Å². The Bertz CT molecular complexity index is 172. The molecule has 0 rings (SSSR count). The first-order valence-corrected chi connectivity index (χ1v) is 4.98. The van der Waals surface area contributed by atoms with Crippen molar-refractivity contribution in [1.82, 2.24) is 5.32 Å². The summed E-state index contributed by atoms with van der Waals surface area (Å²) in [7, 11) is 0. The quantitative estimate of drug-likeness (QED) is 0.657. The second-order valence-corrected chi connectivity index (χ2v) is 3.36. The molecule has 0 bridgehead atoms. The van der Waals surface area contributed by atoms with Gasteiger partial charge in [0.25, 0.3) is 0 Å². The van der Waals surface area contributed by atoms with Crippen molar-refractivity contribution in [3.05, 3.63) is 0 Å². The monoisotopic (exact) mass is 191 g/mol. The van der Waals surface area contributed by atoms with Gasteiger partial charge < -0.3 is 10.4 Å². The van der Waals surface area contributed by atoms with Gasteiger partial charge in [0.1, 0.15) is 6.04 Å². The van der Waals surface area contributed by atoms with Crippen LogP contribution in [0.5, 0.6) is 0 Å². The number of aliphatic carboxylic acids is 1. The average Bonchev–Trinajstić information content (AvgIpc) is 2.00. The number of hydrogen-bond acceptors (Lipinski definition) is 3. The predicted octanol–water partition coefficient (Wildman–Crippen LogP) is 0.329. The Morgan fingerprint density at radius 1 is 1.58 bits per heavy atom. The van der Waals surface area contributed by atoms with Crippen molar-refractivity contribution in [3.63, 3.8) is 0 Å². The van der Waals surface area contributed by atoms with Crippen molar-refractivity contribution in [2.24, 2.45) is 0 Å². The topological polar surface area (TPSA) is 66.4 Å². The lowest BCUT2D eigenvalue weighted by molar-refractivity contribution is -0.141. The van der Waals surface area contributed by atoms with Crippen LogP contribution in [0.25, 0.3) is 0 Å². The molecule has 1 atom stereocenters. The van der Waals surface area contributed by atoms with Crippen LogP contribution in [0.3, 0.4) is 0 Å². The second-order valence-electron chi connectivity index (χ2n) is 2.37. The second kappa shape index (κ2) is 5.88. The first-order chi connectivity index (χ1) is 5.57. The van der Waals surface area contributed by atoms with Crippen LogP contribution in [0.4, 0.5) is 0 Å². The molecule has 0 aromatic carbocycles. The lowest BCUT2D eigenvalue weighted by atomic mass is 10.3. The summed E-state index contributed by atoms with van der Waals surface area (Å²) in [6.45, 7) is 1.44. The van der Waals surface area contributed by atoms with Crippen LogP contribution in [0.1, 0.15) is 13.3 Å². The van der Waals surface area contributed by atoms with Gasteiger partial charge in [-0.15, -0.1) is 0 Å². The number of amides is 1. The summed E-state index contributed by atoms with van der Waals surface area (Å²) in [6, 6.07) is -0.792. The van der Waals surface area contributed by atoms with Crippen molar-refractivity contribution < 1.29 is 14.7 Å². The first kappa shape index (κ1) is 11.3. The van der Waals surface area contributed by atoms with Crippen molar-refractivity contribution in [2.45, 2.75) is 19.4 Å². The highest BCUT2D eigenvalue weighted by Crippen LogP contribution is 1.95. The highest BCUT2D eigenvalue weighted by atomic mass is 32.2. The predicted molar refractivity (Wildman–Crippen MR) is 48.2 cm³/mol. The Kier molecular flexibility index (Phi) is 5.53. The highest BCUT2D eigenvalue weighted by molar-refractivity contribution is 7.98. The molecule has 0 heterocycles. The van der Waals surface area contributed by atoms with E-state index in [9.17, 15) is 9.59 Å². The smallest absolute Gasteiger partial charge is 0.325 e. The van der Waals surface area contributed by atoms with Gasteiger partial charge in [-0.25, -0.2) is 0 Å². The third-order valence-electron chi connectivity index (χ3n) is 1.28. The van der Waals surface area contributed by atoms with Crippen LogP contribution in [0.2, 0.25) is 0 Å². The van der Waals surface area contributed by atoms with E-state index in [-0.39, 0.29) is 5.91 Å². The number of carboxylic acid groups (broad SMARTS) is 1. The molecule has 70 valence electrons. The van der Waals surface area contributed by atoms with Gasteiger partial charge in [-0.3, -0.25) is 9.59 Å². The van der Waals surface area contributed by atoms with E-state index in [0.717, 1.165) is 5.75 Å². The molecule has 0 aromatic heterocycles. The molecule has 12 heavy (non-hydrogen) atoms.